The van der Waals surface area contributed by atoms with E-state index in [4.69, 9.17) is 16.3 Å². The minimum absolute atomic E-state index is 0.0833. The maximum Gasteiger partial charge on any atom is 0.335 e. The second-order valence-electron chi connectivity index (χ2n) is 7.32. The van der Waals surface area contributed by atoms with Crippen molar-refractivity contribution in [3.05, 3.63) is 68.7 Å². The molecule has 1 fully saturated rings. The quantitative estimate of drug-likeness (QED) is 0.183. The SMILES string of the molecule is CCCCCCOc1ccc(Cl)cc1C=C1C(=O)NC(=O)N(c2ccc([N+](=O)[O-])cc2)C1=O. The number of carbonyl (C=O) groups is 3. The number of nitrogens with one attached hydrogen (secondary N) is 1. The van der Waals surface area contributed by atoms with Gasteiger partial charge in [0.1, 0.15) is 11.3 Å². The van der Waals surface area contributed by atoms with Crippen LogP contribution in [0.5, 0.6) is 5.75 Å². The van der Waals surface area contributed by atoms with Gasteiger partial charge in [-0.1, -0.05) is 37.8 Å². The molecule has 1 aliphatic heterocycles. The standard InChI is InChI=1S/C23H22ClN3O6/c1-2-3-4-5-12-33-20-11-6-16(24)13-15(20)14-19-21(28)25-23(30)26(22(19)29)17-7-9-18(10-8-17)27(31)32/h6-11,13-14H,2-5,12H2,1H3,(H,25,28,30). The summed E-state index contributed by atoms with van der Waals surface area (Å²) in [5.41, 5.74) is -0.00403. The van der Waals surface area contributed by atoms with Gasteiger partial charge in [-0.2, -0.15) is 0 Å². The van der Waals surface area contributed by atoms with Crippen LogP contribution in [-0.2, 0) is 9.59 Å². The Bertz CT molecular complexity index is 1110. The van der Waals surface area contributed by atoms with Gasteiger partial charge in [0.25, 0.3) is 17.5 Å². The first-order valence-electron chi connectivity index (χ1n) is 10.4. The predicted molar refractivity (Wildman–Crippen MR) is 123 cm³/mol. The lowest BCUT2D eigenvalue weighted by molar-refractivity contribution is -0.384. The minimum Gasteiger partial charge on any atom is -0.493 e. The van der Waals surface area contributed by atoms with Crippen LogP contribution in [0.15, 0.2) is 48.0 Å². The number of carbonyl (C=O) groups excluding carboxylic acids is 3. The van der Waals surface area contributed by atoms with E-state index >= 15 is 0 Å². The van der Waals surface area contributed by atoms with Crippen LogP contribution in [0.2, 0.25) is 5.02 Å². The van der Waals surface area contributed by atoms with E-state index < -0.39 is 22.8 Å². The van der Waals surface area contributed by atoms with Crippen molar-refractivity contribution >= 4 is 46.9 Å². The van der Waals surface area contributed by atoms with Gasteiger partial charge < -0.3 is 4.74 Å². The number of halogens is 1. The van der Waals surface area contributed by atoms with Crippen molar-refractivity contribution < 1.29 is 24.0 Å². The van der Waals surface area contributed by atoms with Crippen molar-refractivity contribution in [2.24, 2.45) is 0 Å². The monoisotopic (exact) mass is 471 g/mol. The van der Waals surface area contributed by atoms with Crippen molar-refractivity contribution in [1.29, 1.82) is 0 Å². The Morgan fingerprint density at radius 2 is 1.82 bits per heavy atom. The number of imide groups is 2. The number of urea groups is 1. The molecule has 2 aromatic rings. The van der Waals surface area contributed by atoms with Gasteiger partial charge >= 0.3 is 6.03 Å². The first-order chi connectivity index (χ1) is 15.8. The maximum atomic E-state index is 13.1. The number of benzene rings is 2. The van der Waals surface area contributed by atoms with E-state index in [-0.39, 0.29) is 16.9 Å². The van der Waals surface area contributed by atoms with Crippen molar-refractivity contribution in [2.45, 2.75) is 32.6 Å². The van der Waals surface area contributed by atoms with Crippen LogP contribution in [0.1, 0.15) is 38.2 Å². The van der Waals surface area contributed by atoms with Gasteiger partial charge in [-0.05, 0) is 42.8 Å². The topological polar surface area (TPSA) is 119 Å². The molecular formula is C23H22ClN3O6. The number of amides is 4. The van der Waals surface area contributed by atoms with E-state index in [9.17, 15) is 24.5 Å². The third kappa shape index (κ3) is 5.75. The molecular weight excluding hydrogens is 450 g/mol. The fourth-order valence-corrected chi connectivity index (χ4v) is 3.43. The molecule has 0 saturated carbocycles. The largest absolute Gasteiger partial charge is 0.493 e. The number of nitrogens with zero attached hydrogens (tertiary/aromatic N) is 2. The van der Waals surface area contributed by atoms with Crippen molar-refractivity contribution in [1.82, 2.24) is 5.32 Å². The Labute approximate surface area is 195 Å². The Morgan fingerprint density at radius 3 is 2.48 bits per heavy atom. The van der Waals surface area contributed by atoms with Crippen LogP contribution in [0, 0.1) is 10.1 Å². The van der Waals surface area contributed by atoms with Crippen LogP contribution in [-0.4, -0.2) is 29.4 Å². The van der Waals surface area contributed by atoms with Crippen LogP contribution in [0.3, 0.4) is 0 Å². The third-order valence-electron chi connectivity index (χ3n) is 4.95. The molecule has 1 aliphatic rings. The first-order valence-corrected chi connectivity index (χ1v) is 10.8. The fourth-order valence-electron chi connectivity index (χ4n) is 3.25. The minimum atomic E-state index is -0.950. The number of unbranched alkanes of at least 4 members (excludes halogenated alkanes) is 3. The van der Waals surface area contributed by atoms with Crippen LogP contribution in [0.4, 0.5) is 16.2 Å². The molecule has 1 N–H and O–H groups in total. The molecule has 0 spiro atoms. The summed E-state index contributed by atoms with van der Waals surface area (Å²) in [5.74, 6) is -1.29. The summed E-state index contributed by atoms with van der Waals surface area (Å²) < 4.78 is 5.83. The highest BCUT2D eigenvalue weighted by Gasteiger charge is 2.37. The molecule has 0 radical (unpaired) electrons. The molecule has 172 valence electrons. The molecule has 0 unspecified atom stereocenters. The van der Waals surface area contributed by atoms with Crippen LogP contribution < -0.4 is 15.0 Å². The number of hydrogen-bond donors (Lipinski definition) is 1. The van der Waals surface area contributed by atoms with Gasteiger partial charge in [0.2, 0.25) is 0 Å². The van der Waals surface area contributed by atoms with Gasteiger partial charge in [0, 0.05) is 22.7 Å². The molecule has 10 heteroatoms. The van der Waals surface area contributed by atoms with Crippen molar-refractivity contribution in [3.8, 4) is 5.75 Å². The van der Waals surface area contributed by atoms with E-state index in [0.29, 0.717) is 22.9 Å². The Balaban J connectivity index is 1.90. The fraction of sp³-hybridized carbons (Fsp3) is 0.261. The highest BCUT2D eigenvalue weighted by Crippen LogP contribution is 2.28. The second kappa shape index (κ2) is 10.7. The van der Waals surface area contributed by atoms with E-state index in [0.717, 1.165) is 42.7 Å². The summed E-state index contributed by atoms with van der Waals surface area (Å²) in [6, 6.07) is 8.74. The number of hydrogen-bond acceptors (Lipinski definition) is 6. The van der Waals surface area contributed by atoms with Gasteiger partial charge in [0.05, 0.1) is 17.2 Å². The van der Waals surface area contributed by atoms with E-state index in [1.165, 1.54) is 18.2 Å². The molecule has 3 rings (SSSR count). The van der Waals surface area contributed by atoms with E-state index in [1.54, 1.807) is 18.2 Å². The number of ether oxygens (including phenoxy) is 1. The normalized spacial score (nSPS) is 15.0. The molecule has 1 heterocycles. The Morgan fingerprint density at radius 1 is 1.09 bits per heavy atom. The summed E-state index contributed by atoms with van der Waals surface area (Å²) in [4.78, 5) is 48.9. The Kier molecular flexibility index (Phi) is 7.78. The number of nitro groups is 1. The maximum absolute atomic E-state index is 13.1. The highest BCUT2D eigenvalue weighted by atomic mass is 35.5. The molecule has 4 amide bonds. The molecule has 0 atom stereocenters. The first kappa shape index (κ1) is 23.9. The molecule has 0 aromatic heterocycles. The average Bonchev–Trinajstić information content (AvgIpc) is 2.78. The smallest absolute Gasteiger partial charge is 0.335 e. The number of rotatable bonds is 9. The predicted octanol–water partition coefficient (Wildman–Crippen LogP) is 4.87. The highest BCUT2D eigenvalue weighted by molar-refractivity contribution is 6.39. The van der Waals surface area contributed by atoms with Gasteiger partial charge in [0.15, 0.2) is 0 Å². The molecule has 9 nitrogen and oxygen atoms in total. The summed E-state index contributed by atoms with van der Waals surface area (Å²) in [7, 11) is 0. The lowest BCUT2D eigenvalue weighted by atomic mass is 10.1. The van der Waals surface area contributed by atoms with Crippen molar-refractivity contribution in [2.75, 3.05) is 11.5 Å². The van der Waals surface area contributed by atoms with Gasteiger partial charge in [-0.3, -0.25) is 25.0 Å². The summed E-state index contributed by atoms with van der Waals surface area (Å²) in [6.45, 7) is 2.58. The van der Waals surface area contributed by atoms with Crippen molar-refractivity contribution in [3.63, 3.8) is 0 Å². The zero-order valence-electron chi connectivity index (χ0n) is 17.9. The van der Waals surface area contributed by atoms with E-state index in [1.807, 2.05) is 0 Å². The second-order valence-corrected chi connectivity index (χ2v) is 7.76. The molecule has 0 bridgehead atoms. The van der Waals surface area contributed by atoms with Crippen LogP contribution in [0.25, 0.3) is 6.08 Å². The lowest BCUT2D eigenvalue weighted by Gasteiger charge is -2.26. The van der Waals surface area contributed by atoms with Gasteiger partial charge in [-0.15, -0.1) is 0 Å². The van der Waals surface area contributed by atoms with E-state index in [2.05, 4.69) is 12.2 Å². The number of non-ortho nitro benzene ring substituents is 1. The summed E-state index contributed by atoms with van der Waals surface area (Å²) in [5, 5.41) is 13.4. The average molecular weight is 472 g/mol. The lowest BCUT2D eigenvalue weighted by Crippen LogP contribution is -2.54. The van der Waals surface area contributed by atoms with Gasteiger partial charge in [-0.25, -0.2) is 9.69 Å². The summed E-state index contributed by atoms with van der Waals surface area (Å²) in [6.07, 6.45) is 5.39. The molecule has 33 heavy (non-hydrogen) atoms. The third-order valence-corrected chi connectivity index (χ3v) is 5.18. The number of anilines is 1. The van der Waals surface area contributed by atoms with Crippen LogP contribution >= 0.6 is 11.6 Å². The Hall–Kier alpha value is -3.72. The zero-order chi connectivity index (χ0) is 24.0. The molecule has 0 aliphatic carbocycles. The zero-order valence-corrected chi connectivity index (χ0v) is 18.6. The number of barbiturate groups is 1. The number of nitro benzene ring substituents is 1. The molecule has 1 saturated heterocycles. The molecule has 2 aromatic carbocycles. The summed E-state index contributed by atoms with van der Waals surface area (Å²) >= 11 is 6.11.